The predicted octanol–water partition coefficient (Wildman–Crippen LogP) is 0.955. The van der Waals surface area contributed by atoms with E-state index in [1.165, 1.54) is 30.7 Å². The average Bonchev–Trinajstić information content (AvgIpc) is 2.67. The van der Waals surface area contributed by atoms with Gasteiger partial charge in [0, 0.05) is 52.0 Å². The molecule has 2 N–H and O–H groups in total. The number of piperidine rings is 1. The Hall–Kier alpha value is -1.23. The van der Waals surface area contributed by atoms with Gasteiger partial charge in [-0.2, -0.15) is 4.31 Å². The number of nitrogens with two attached hydrogens (primary N) is 1. The standard InChI is InChI=1S/C18H29N3O5S.ClH/c1-25-12-10-21(11-13-26-2)27(23,24)17-7-5-15(6-8-17)18(22)20-9-3-4-16(19)14-20;/h5-8,16H,3-4,9-14,19H2,1-2H3;1H. The Labute approximate surface area is 173 Å². The van der Waals surface area contributed by atoms with Gasteiger partial charge in [0.2, 0.25) is 10.0 Å². The number of methoxy groups -OCH3 is 2. The van der Waals surface area contributed by atoms with Crippen LogP contribution in [0.1, 0.15) is 23.2 Å². The number of sulfonamides is 1. The zero-order chi connectivity index (χ0) is 19.9. The van der Waals surface area contributed by atoms with Crippen LogP contribution >= 0.6 is 12.4 Å². The highest BCUT2D eigenvalue weighted by Crippen LogP contribution is 2.18. The second kappa shape index (κ2) is 11.7. The molecule has 0 bridgehead atoms. The molecule has 1 aromatic rings. The lowest BCUT2D eigenvalue weighted by Gasteiger charge is -2.30. The minimum atomic E-state index is -3.69. The summed E-state index contributed by atoms with van der Waals surface area (Å²) in [6.07, 6.45) is 1.80. The van der Waals surface area contributed by atoms with Gasteiger partial charge in [-0.1, -0.05) is 0 Å². The summed E-state index contributed by atoms with van der Waals surface area (Å²) in [6.45, 7) is 2.24. The van der Waals surface area contributed by atoms with Crippen molar-refractivity contribution < 1.29 is 22.7 Å². The summed E-state index contributed by atoms with van der Waals surface area (Å²) in [6, 6.07) is 6.05. The van der Waals surface area contributed by atoms with E-state index in [1.54, 1.807) is 17.0 Å². The quantitative estimate of drug-likeness (QED) is 0.619. The van der Waals surface area contributed by atoms with E-state index in [0.717, 1.165) is 12.8 Å². The number of rotatable bonds is 9. The average molecular weight is 436 g/mol. The number of hydrogen-bond donors (Lipinski definition) is 1. The van der Waals surface area contributed by atoms with Crippen molar-refractivity contribution in [2.24, 2.45) is 5.73 Å². The van der Waals surface area contributed by atoms with Crippen molar-refractivity contribution in [2.75, 3.05) is 53.6 Å². The molecule has 2 rings (SSSR count). The van der Waals surface area contributed by atoms with Crippen LogP contribution in [0.3, 0.4) is 0 Å². The molecule has 0 spiro atoms. The maximum Gasteiger partial charge on any atom is 0.253 e. The minimum Gasteiger partial charge on any atom is -0.383 e. The van der Waals surface area contributed by atoms with Crippen LogP contribution in [0, 0.1) is 0 Å². The fourth-order valence-electron chi connectivity index (χ4n) is 3.03. The summed E-state index contributed by atoms with van der Waals surface area (Å²) < 4.78 is 37.1. The number of carbonyl (C=O) groups excluding carboxylic acids is 1. The maximum atomic E-state index is 12.9. The van der Waals surface area contributed by atoms with Crippen molar-refractivity contribution in [1.29, 1.82) is 0 Å². The van der Waals surface area contributed by atoms with Gasteiger partial charge >= 0.3 is 0 Å². The van der Waals surface area contributed by atoms with E-state index in [9.17, 15) is 13.2 Å². The molecule has 10 heteroatoms. The first-order chi connectivity index (χ1) is 12.9. The third-order valence-electron chi connectivity index (χ3n) is 4.57. The normalized spacial score (nSPS) is 17.4. The first-order valence-corrected chi connectivity index (χ1v) is 10.5. The van der Waals surface area contributed by atoms with Gasteiger partial charge in [0.05, 0.1) is 18.1 Å². The Morgan fingerprint density at radius 2 is 1.75 bits per heavy atom. The Morgan fingerprint density at radius 3 is 2.25 bits per heavy atom. The second-order valence-electron chi connectivity index (χ2n) is 6.57. The van der Waals surface area contributed by atoms with E-state index >= 15 is 0 Å². The summed E-state index contributed by atoms with van der Waals surface area (Å²) in [5, 5.41) is 0. The maximum absolute atomic E-state index is 12.9. The highest BCUT2D eigenvalue weighted by molar-refractivity contribution is 7.89. The summed E-state index contributed by atoms with van der Waals surface area (Å²) in [5.74, 6) is -0.121. The van der Waals surface area contributed by atoms with Crippen molar-refractivity contribution >= 4 is 28.3 Å². The number of benzene rings is 1. The highest BCUT2D eigenvalue weighted by atomic mass is 35.5. The van der Waals surface area contributed by atoms with Crippen molar-refractivity contribution in [1.82, 2.24) is 9.21 Å². The van der Waals surface area contributed by atoms with Gasteiger partial charge in [-0.05, 0) is 37.1 Å². The molecule has 0 aromatic heterocycles. The summed E-state index contributed by atoms with van der Waals surface area (Å²) in [5.41, 5.74) is 6.40. The zero-order valence-electron chi connectivity index (χ0n) is 16.4. The van der Waals surface area contributed by atoms with E-state index in [1.807, 2.05) is 0 Å². The molecule has 0 saturated carbocycles. The first kappa shape index (κ1) is 24.8. The minimum absolute atomic E-state index is 0. The van der Waals surface area contributed by atoms with Crippen LogP contribution < -0.4 is 5.73 Å². The Kier molecular flexibility index (Phi) is 10.4. The predicted molar refractivity (Wildman–Crippen MR) is 109 cm³/mol. The molecule has 1 fully saturated rings. The number of likely N-dealkylation sites (tertiary alicyclic amines) is 1. The molecule has 1 atom stereocenters. The van der Waals surface area contributed by atoms with E-state index < -0.39 is 10.0 Å². The van der Waals surface area contributed by atoms with Gasteiger partial charge in [-0.25, -0.2) is 8.42 Å². The molecule has 1 heterocycles. The number of hydrogen-bond acceptors (Lipinski definition) is 6. The summed E-state index contributed by atoms with van der Waals surface area (Å²) in [7, 11) is -0.650. The summed E-state index contributed by atoms with van der Waals surface area (Å²) >= 11 is 0. The molecule has 160 valence electrons. The molecule has 1 saturated heterocycles. The van der Waals surface area contributed by atoms with Crippen molar-refractivity contribution in [2.45, 2.75) is 23.8 Å². The molecular formula is C18H30ClN3O5S. The number of nitrogens with zero attached hydrogens (tertiary/aromatic N) is 2. The van der Waals surface area contributed by atoms with Gasteiger partial charge in [-0.3, -0.25) is 4.79 Å². The molecular weight excluding hydrogens is 406 g/mol. The van der Waals surface area contributed by atoms with Crippen molar-refractivity contribution in [3.63, 3.8) is 0 Å². The lowest BCUT2D eigenvalue weighted by molar-refractivity contribution is 0.0708. The number of halogens is 1. The number of carbonyl (C=O) groups is 1. The monoisotopic (exact) mass is 435 g/mol. The molecule has 1 unspecified atom stereocenters. The Balaban J connectivity index is 0.00000392. The topological polar surface area (TPSA) is 102 Å². The lowest BCUT2D eigenvalue weighted by atomic mass is 10.1. The highest BCUT2D eigenvalue weighted by Gasteiger charge is 2.26. The van der Waals surface area contributed by atoms with E-state index in [-0.39, 0.29) is 55.6 Å². The molecule has 0 radical (unpaired) electrons. The molecule has 28 heavy (non-hydrogen) atoms. The van der Waals surface area contributed by atoms with Gasteiger partial charge in [0.15, 0.2) is 0 Å². The van der Waals surface area contributed by atoms with Gasteiger partial charge in [0.25, 0.3) is 5.91 Å². The van der Waals surface area contributed by atoms with Crippen LogP contribution in [0.15, 0.2) is 29.2 Å². The second-order valence-corrected chi connectivity index (χ2v) is 8.51. The zero-order valence-corrected chi connectivity index (χ0v) is 18.0. The lowest BCUT2D eigenvalue weighted by Crippen LogP contribution is -2.45. The van der Waals surface area contributed by atoms with E-state index in [4.69, 9.17) is 15.2 Å². The van der Waals surface area contributed by atoms with Crippen LogP contribution in [0.5, 0.6) is 0 Å². The van der Waals surface area contributed by atoms with Crippen LogP contribution in [0.25, 0.3) is 0 Å². The molecule has 1 aliphatic rings. The molecule has 1 amide bonds. The number of ether oxygens (including phenoxy) is 2. The van der Waals surface area contributed by atoms with Crippen LogP contribution in [-0.2, 0) is 19.5 Å². The molecule has 1 aliphatic heterocycles. The third kappa shape index (κ3) is 6.40. The van der Waals surface area contributed by atoms with E-state index in [2.05, 4.69) is 0 Å². The fraction of sp³-hybridized carbons (Fsp3) is 0.611. The molecule has 1 aromatic carbocycles. The first-order valence-electron chi connectivity index (χ1n) is 9.03. The van der Waals surface area contributed by atoms with E-state index in [0.29, 0.717) is 18.7 Å². The van der Waals surface area contributed by atoms with Crippen molar-refractivity contribution in [3.8, 4) is 0 Å². The van der Waals surface area contributed by atoms with Crippen LogP contribution in [0.2, 0.25) is 0 Å². The van der Waals surface area contributed by atoms with Gasteiger partial charge in [0.1, 0.15) is 0 Å². The van der Waals surface area contributed by atoms with Gasteiger partial charge < -0.3 is 20.1 Å². The SMILES string of the molecule is COCCN(CCOC)S(=O)(=O)c1ccc(C(=O)N2CCCC(N)C2)cc1.Cl. The van der Waals surface area contributed by atoms with Gasteiger partial charge in [-0.15, -0.1) is 12.4 Å². The summed E-state index contributed by atoms with van der Waals surface area (Å²) in [4.78, 5) is 14.5. The largest absolute Gasteiger partial charge is 0.383 e. The third-order valence-corrected chi connectivity index (χ3v) is 6.49. The Bertz CT molecular complexity index is 706. The van der Waals surface area contributed by atoms with Crippen molar-refractivity contribution in [3.05, 3.63) is 29.8 Å². The van der Waals surface area contributed by atoms with Crippen LogP contribution in [-0.4, -0.2) is 83.2 Å². The Morgan fingerprint density at radius 1 is 1.18 bits per heavy atom. The molecule has 8 nitrogen and oxygen atoms in total. The molecule has 0 aliphatic carbocycles. The number of amides is 1. The fourth-order valence-corrected chi connectivity index (χ4v) is 4.44. The smallest absolute Gasteiger partial charge is 0.253 e. The van der Waals surface area contributed by atoms with Crippen LogP contribution in [0.4, 0.5) is 0 Å².